The minimum absolute atomic E-state index is 0.0732. The smallest absolute Gasteiger partial charge is 0.337 e. The molecular weight excluding hydrogens is 716 g/mol. The first-order valence-electron chi connectivity index (χ1n) is 14.3. The van der Waals surface area contributed by atoms with Gasteiger partial charge < -0.3 is 14.8 Å². The summed E-state index contributed by atoms with van der Waals surface area (Å²) in [7, 11) is 0. The molecule has 6 rings (SSSR count). The number of alkyl halides is 4. The summed E-state index contributed by atoms with van der Waals surface area (Å²) in [5, 5.41) is 7.52. The number of aromatic nitrogens is 6. The Morgan fingerprint density at radius 1 is 1.07 bits per heavy atom. The zero-order valence-corrected chi connectivity index (χ0v) is 27.3. The van der Waals surface area contributed by atoms with Crippen LogP contribution in [0, 0.1) is 19.8 Å². The van der Waals surface area contributed by atoms with Gasteiger partial charge in [-0.1, -0.05) is 29.5 Å². The molecule has 46 heavy (non-hydrogen) atoms. The minimum atomic E-state index is -4.73. The molecule has 1 aliphatic rings. The number of likely N-dealkylation sites (tertiary alicyclic amines) is 1. The largest absolute Gasteiger partial charge is 0.434 e. The molecule has 0 unspecified atom stereocenters. The topological polar surface area (TPSA) is 127 Å². The maximum Gasteiger partial charge on any atom is 0.434 e. The van der Waals surface area contributed by atoms with Crippen molar-refractivity contribution in [3.63, 3.8) is 0 Å². The minimum Gasteiger partial charge on any atom is -0.337 e. The first-order chi connectivity index (χ1) is 21.7. The number of fused-ring (bicyclic) bond motifs is 2. The van der Waals surface area contributed by atoms with Gasteiger partial charge in [-0.05, 0) is 56.4 Å². The number of ketones is 1. The Morgan fingerprint density at radius 2 is 1.83 bits per heavy atom. The van der Waals surface area contributed by atoms with Crippen LogP contribution in [-0.2, 0) is 22.3 Å². The number of rotatable bonds is 6. The number of hydrogen-bond donors (Lipinski definition) is 1. The fourth-order valence-electron chi connectivity index (χ4n) is 5.94. The second-order valence-corrected chi connectivity index (χ2v) is 12.8. The van der Waals surface area contributed by atoms with Gasteiger partial charge in [-0.3, -0.25) is 19.4 Å². The van der Waals surface area contributed by atoms with Gasteiger partial charge in [0.2, 0.25) is 11.8 Å². The number of benzene rings is 1. The molecule has 5 aromatic rings. The number of carbonyl (C=O) groups is 3. The molecule has 15 heteroatoms. The second kappa shape index (κ2) is 11.7. The van der Waals surface area contributed by atoms with Gasteiger partial charge in [-0.15, -0.1) is 0 Å². The number of Topliss-reactive ketones (excluding diaryl/α,β-unsaturated/α-hetero) is 1. The number of carbonyl (C=O) groups excluding carboxylic acids is 3. The number of anilines is 1. The van der Waals surface area contributed by atoms with Gasteiger partial charge in [0.1, 0.15) is 12.6 Å². The average Bonchev–Trinajstić information content (AvgIpc) is 3.64. The van der Waals surface area contributed by atoms with Crippen LogP contribution in [0.2, 0.25) is 0 Å². The summed E-state index contributed by atoms with van der Waals surface area (Å²) in [4.78, 5) is 53.0. The van der Waals surface area contributed by atoms with Gasteiger partial charge in [-0.25, -0.2) is 14.5 Å². The highest BCUT2D eigenvalue weighted by Gasteiger charge is 2.44. The monoisotopic (exact) mass is 744 g/mol. The van der Waals surface area contributed by atoms with Gasteiger partial charge in [0.05, 0.1) is 27.7 Å². The van der Waals surface area contributed by atoms with E-state index in [9.17, 15) is 27.6 Å². The SMILES string of the molecule is CC(=O)c1cn(CC(=O)N2[C@H](I)[C@@H](C)C[C@H]2C(=O)Nc2cncc(C(F)(F)F)n2)c2c(C)cc(-c3cnc4cc(C)nn4c3)cc12. The van der Waals surface area contributed by atoms with Gasteiger partial charge >= 0.3 is 6.18 Å². The van der Waals surface area contributed by atoms with Crippen LogP contribution >= 0.6 is 22.6 Å². The van der Waals surface area contributed by atoms with E-state index >= 15 is 0 Å². The summed E-state index contributed by atoms with van der Waals surface area (Å²) in [5.41, 5.74) is 3.90. The molecule has 0 spiro atoms. The van der Waals surface area contributed by atoms with E-state index in [0.717, 1.165) is 28.6 Å². The van der Waals surface area contributed by atoms with Crippen LogP contribution in [0.4, 0.5) is 19.0 Å². The van der Waals surface area contributed by atoms with Gasteiger partial charge in [0.25, 0.3) is 0 Å². The lowest BCUT2D eigenvalue weighted by molar-refractivity contribution is -0.141. The van der Waals surface area contributed by atoms with Crippen molar-refractivity contribution in [3.8, 4) is 11.1 Å². The highest BCUT2D eigenvalue weighted by molar-refractivity contribution is 14.1. The molecule has 3 atom stereocenters. The number of nitrogens with zero attached hydrogens (tertiary/aromatic N) is 7. The van der Waals surface area contributed by atoms with Crippen molar-refractivity contribution < 1.29 is 27.6 Å². The Kier molecular flexibility index (Phi) is 8.06. The summed E-state index contributed by atoms with van der Waals surface area (Å²) in [6.07, 6.45) is 2.43. The lowest BCUT2D eigenvalue weighted by atomic mass is 10.0. The van der Waals surface area contributed by atoms with Gasteiger partial charge in [0, 0.05) is 41.2 Å². The van der Waals surface area contributed by atoms with Crippen molar-refractivity contribution in [2.24, 2.45) is 5.92 Å². The Hall–Kier alpha value is -4.41. The third-order valence-corrected chi connectivity index (χ3v) is 9.88. The maximum absolute atomic E-state index is 13.9. The Bertz CT molecular complexity index is 2040. The molecular formula is C31H28F3IN8O3. The Labute approximate surface area is 274 Å². The summed E-state index contributed by atoms with van der Waals surface area (Å²) >= 11 is 2.10. The molecule has 0 bridgehead atoms. The quantitative estimate of drug-likeness (QED) is 0.104. The fourth-order valence-corrected chi connectivity index (χ4v) is 6.93. The number of halogens is 4. The van der Waals surface area contributed by atoms with E-state index < -0.39 is 23.8 Å². The molecule has 1 saturated heterocycles. The number of amides is 2. The molecule has 0 aliphatic carbocycles. The molecule has 2 amide bonds. The van der Waals surface area contributed by atoms with Crippen molar-refractivity contribution in [2.75, 3.05) is 5.32 Å². The van der Waals surface area contributed by atoms with Crippen molar-refractivity contribution >= 4 is 62.6 Å². The van der Waals surface area contributed by atoms with Crippen LogP contribution in [-0.4, -0.2) is 61.7 Å². The van der Waals surface area contributed by atoms with Crippen LogP contribution in [0.25, 0.3) is 27.7 Å². The molecule has 1 aliphatic heterocycles. The van der Waals surface area contributed by atoms with E-state index in [4.69, 9.17) is 0 Å². The zero-order valence-electron chi connectivity index (χ0n) is 25.1. The number of nitrogens with one attached hydrogen (secondary N) is 1. The van der Waals surface area contributed by atoms with Crippen molar-refractivity contribution in [2.45, 2.75) is 56.9 Å². The fraction of sp³-hybridized carbons (Fsp3) is 0.323. The first-order valence-corrected chi connectivity index (χ1v) is 15.6. The number of hydrogen-bond acceptors (Lipinski definition) is 7. The van der Waals surface area contributed by atoms with Crippen LogP contribution in [0.3, 0.4) is 0 Å². The second-order valence-electron chi connectivity index (χ2n) is 11.5. The normalized spacial score (nSPS) is 18.4. The van der Waals surface area contributed by atoms with E-state index in [1.54, 1.807) is 21.5 Å². The van der Waals surface area contributed by atoms with Crippen LogP contribution in [0.5, 0.6) is 0 Å². The molecule has 1 aromatic carbocycles. The van der Waals surface area contributed by atoms with Crippen molar-refractivity contribution in [3.05, 3.63) is 71.7 Å². The van der Waals surface area contributed by atoms with Crippen LogP contribution in [0.1, 0.15) is 47.6 Å². The molecule has 0 radical (unpaired) electrons. The molecule has 1 fully saturated rings. The zero-order chi connectivity index (χ0) is 33.1. The highest BCUT2D eigenvalue weighted by Crippen LogP contribution is 2.36. The standard InChI is InChI=1S/C31H28F3IN8O3/c1-15-5-19(20-9-37-26-7-17(3)40-42(26)12-20)8-21-22(18(4)44)13-41(28(15)21)14-27(45)43-23(6-16(2)29(43)35)30(46)39-25-11-36-10-24(38-25)31(32,33)34/h5,7-13,16,23,29H,6,14H2,1-4H3,(H,38,39,46)/t16-,23-,29-/m0/s1. The predicted octanol–water partition coefficient (Wildman–Crippen LogP) is 5.62. The van der Waals surface area contributed by atoms with E-state index in [-0.39, 0.29) is 34.0 Å². The predicted molar refractivity (Wildman–Crippen MR) is 171 cm³/mol. The number of aryl methyl sites for hydroxylation is 2. The van der Waals surface area contributed by atoms with Crippen LogP contribution < -0.4 is 5.32 Å². The van der Waals surface area contributed by atoms with Gasteiger partial charge in [-0.2, -0.15) is 18.3 Å². The molecule has 4 aromatic heterocycles. The molecule has 11 nitrogen and oxygen atoms in total. The average molecular weight is 745 g/mol. The molecule has 238 valence electrons. The van der Waals surface area contributed by atoms with Crippen molar-refractivity contribution in [1.29, 1.82) is 0 Å². The third kappa shape index (κ3) is 5.83. The lowest BCUT2D eigenvalue weighted by Crippen LogP contribution is -2.46. The van der Waals surface area contributed by atoms with Crippen molar-refractivity contribution in [1.82, 2.24) is 34.0 Å². The summed E-state index contributed by atoms with van der Waals surface area (Å²) in [6, 6.07) is 4.77. The summed E-state index contributed by atoms with van der Waals surface area (Å²) in [5.74, 6) is -1.64. The molecule has 1 N–H and O–H groups in total. The van der Waals surface area contributed by atoms with Gasteiger partial charge in [0.15, 0.2) is 22.9 Å². The maximum atomic E-state index is 13.9. The Balaban J connectivity index is 1.31. The Morgan fingerprint density at radius 3 is 2.54 bits per heavy atom. The molecule has 5 heterocycles. The lowest BCUT2D eigenvalue weighted by Gasteiger charge is -2.28. The van der Waals surface area contributed by atoms with Crippen LogP contribution in [0.15, 0.2) is 49.2 Å². The van der Waals surface area contributed by atoms with E-state index in [1.165, 1.54) is 11.8 Å². The third-order valence-electron chi connectivity index (χ3n) is 8.05. The van der Waals surface area contributed by atoms with E-state index in [0.29, 0.717) is 34.7 Å². The highest BCUT2D eigenvalue weighted by atomic mass is 127. The van der Waals surface area contributed by atoms with E-state index in [1.807, 2.05) is 45.2 Å². The van der Waals surface area contributed by atoms with E-state index in [2.05, 4.69) is 48.0 Å². The first kappa shape index (κ1) is 31.6. The summed E-state index contributed by atoms with van der Waals surface area (Å²) < 4.78 is 42.5. The molecule has 0 saturated carbocycles. The summed E-state index contributed by atoms with van der Waals surface area (Å²) in [6.45, 7) is 6.98.